The SMILES string of the molecule is CC1(C2(C)c3ccccc3-c3ccc(N(c4ccc5ccc6ccccc6c5c4)c4cccc5c4oc4ccccc45)cc32)c2ccccc2-c2ccc(N(c3ccc4ccc5ccccc5c4c3)c3cccc4c3oc3ccccc34)cc21. The van der Waals surface area contributed by atoms with Crippen LogP contribution in [-0.4, -0.2) is 0 Å². The van der Waals surface area contributed by atoms with Crippen molar-refractivity contribution >= 4 is 121 Å². The normalized spacial score (nSPS) is 16.1. The van der Waals surface area contributed by atoms with E-state index in [0.717, 1.165) is 78.0 Å². The van der Waals surface area contributed by atoms with Crippen LogP contribution >= 0.6 is 0 Å². The third-order valence-electron chi connectivity index (χ3n) is 19.3. The smallest absolute Gasteiger partial charge is 0.159 e. The lowest BCUT2D eigenvalue weighted by molar-refractivity contribution is 0.376. The van der Waals surface area contributed by atoms with Gasteiger partial charge in [-0.15, -0.1) is 0 Å². The van der Waals surface area contributed by atoms with Crippen molar-refractivity contribution in [2.45, 2.75) is 24.7 Å². The third-order valence-corrected chi connectivity index (χ3v) is 19.3. The van der Waals surface area contributed by atoms with E-state index >= 15 is 0 Å². The Morgan fingerprint density at radius 3 is 1.05 bits per heavy atom. The third kappa shape index (κ3) is 6.42. The summed E-state index contributed by atoms with van der Waals surface area (Å²) in [7, 11) is 0. The van der Waals surface area contributed by atoms with E-state index in [0.29, 0.717) is 0 Å². The lowest BCUT2D eigenvalue weighted by atomic mass is 9.56. The number of furan rings is 2. The van der Waals surface area contributed by atoms with Gasteiger partial charge in [0.2, 0.25) is 0 Å². The largest absolute Gasteiger partial charge is 0.454 e. The summed E-state index contributed by atoms with van der Waals surface area (Å²) < 4.78 is 13.9. The number of para-hydroxylation sites is 4. The highest BCUT2D eigenvalue weighted by atomic mass is 16.3. The zero-order chi connectivity index (χ0) is 55.4. The first-order chi connectivity index (χ1) is 41.4. The first-order valence-corrected chi connectivity index (χ1v) is 29.1. The van der Waals surface area contributed by atoms with Gasteiger partial charge in [0.05, 0.1) is 11.4 Å². The summed E-state index contributed by atoms with van der Waals surface area (Å²) in [4.78, 5) is 4.88. The zero-order valence-corrected chi connectivity index (χ0v) is 46.3. The average molecular weight is 1070 g/mol. The monoisotopic (exact) mass is 1070 g/mol. The van der Waals surface area contributed by atoms with Crippen LogP contribution < -0.4 is 9.80 Å². The van der Waals surface area contributed by atoms with Crippen molar-refractivity contribution in [3.8, 4) is 22.3 Å². The Kier molecular flexibility index (Phi) is 9.75. The Bertz CT molecular complexity index is 5130. The fraction of sp³-hybridized carbons (Fsp3) is 0.0500. The van der Waals surface area contributed by atoms with Gasteiger partial charge in [0.15, 0.2) is 11.2 Å². The molecule has 0 saturated carbocycles. The number of fused-ring (bicyclic) bond motifs is 18. The standard InChI is InChI=1S/C80H52N2O2/c1-79(69-27-11-7-21-59(69)61-43-41-55(47-71(61)79)81(73-29-15-25-65-63-23-9-13-31-75(63)83-77(65)73)53-39-37-51-35-33-49-17-3-5-19-57(49)67(51)45-53)80(2)70-28-12-8-22-60(70)62-44-42-56(48-72(62)80)82(74-30-16-26-66-64-24-10-14-32-76(64)84-78(66)74)54-40-38-52-36-34-50-18-4-6-20-58(50)68(52)46-54/h3-48H,1-2H3. The molecule has 0 aliphatic heterocycles. The second-order valence-corrected chi connectivity index (χ2v) is 23.4. The van der Waals surface area contributed by atoms with Crippen LogP contribution in [0.3, 0.4) is 0 Å². The van der Waals surface area contributed by atoms with Crippen LogP contribution in [0.2, 0.25) is 0 Å². The number of benzene rings is 14. The van der Waals surface area contributed by atoms with Gasteiger partial charge in [-0.05, 0) is 160 Å². The molecule has 2 atom stereocenters. The van der Waals surface area contributed by atoms with E-state index in [4.69, 9.17) is 8.83 Å². The highest BCUT2D eigenvalue weighted by molar-refractivity contribution is 6.14. The first kappa shape index (κ1) is 47.0. The Morgan fingerprint density at radius 1 is 0.250 bits per heavy atom. The van der Waals surface area contributed by atoms with E-state index in [9.17, 15) is 0 Å². The molecule has 0 saturated heterocycles. The minimum absolute atomic E-state index is 0.600. The molecule has 0 spiro atoms. The molecular formula is C80H52N2O2. The van der Waals surface area contributed by atoms with Crippen LogP contribution in [0, 0.1) is 0 Å². The molecule has 18 rings (SSSR count). The molecule has 2 aliphatic carbocycles. The van der Waals surface area contributed by atoms with E-state index in [1.807, 2.05) is 0 Å². The quantitative estimate of drug-likeness (QED) is 0.149. The Hall–Kier alpha value is -10.7. The number of hydrogen-bond acceptors (Lipinski definition) is 4. The molecule has 4 heteroatoms. The molecule has 0 fully saturated rings. The minimum atomic E-state index is -0.600. The molecule has 2 unspecified atom stereocenters. The van der Waals surface area contributed by atoms with Gasteiger partial charge < -0.3 is 18.6 Å². The van der Waals surface area contributed by atoms with Crippen molar-refractivity contribution in [1.29, 1.82) is 0 Å². The van der Waals surface area contributed by atoms with Crippen LogP contribution in [0.15, 0.2) is 288 Å². The summed E-state index contributed by atoms with van der Waals surface area (Å²) >= 11 is 0. The molecule has 0 bridgehead atoms. The van der Waals surface area contributed by atoms with Crippen LogP contribution in [0.5, 0.6) is 0 Å². The van der Waals surface area contributed by atoms with E-state index in [1.54, 1.807) is 0 Å². The fourth-order valence-electron chi connectivity index (χ4n) is 15.2. The van der Waals surface area contributed by atoms with E-state index in [1.165, 1.54) is 87.6 Å². The van der Waals surface area contributed by atoms with Crippen molar-refractivity contribution in [3.63, 3.8) is 0 Å². The van der Waals surface area contributed by atoms with Gasteiger partial charge >= 0.3 is 0 Å². The lowest BCUT2D eigenvalue weighted by Gasteiger charge is -2.45. The number of rotatable bonds is 7. The van der Waals surface area contributed by atoms with Crippen LogP contribution in [0.1, 0.15) is 36.1 Å². The summed E-state index contributed by atoms with van der Waals surface area (Å²) in [6.07, 6.45) is 0. The van der Waals surface area contributed by atoms with Gasteiger partial charge in [0.1, 0.15) is 11.2 Å². The van der Waals surface area contributed by atoms with Crippen molar-refractivity contribution < 1.29 is 8.83 Å². The van der Waals surface area contributed by atoms with E-state index < -0.39 is 10.8 Å². The van der Waals surface area contributed by atoms with E-state index in [2.05, 4.69) is 303 Å². The molecule has 4 nitrogen and oxygen atoms in total. The number of nitrogens with zero attached hydrogens (tertiary/aromatic N) is 2. The van der Waals surface area contributed by atoms with Crippen molar-refractivity contribution in [1.82, 2.24) is 0 Å². The summed E-state index contributed by atoms with van der Waals surface area (Å²) in [6, 6.07) is 103. The maximum absolute atomic E-state index is 6.95. The lowest BCUT2D eigenvalue weighted by Crippen LogP contribution is -2.44. The van der Waals surface area contributed by atoms with Gasteiger partial charge in [-0.1, -0.05) is 220 Å². The Labute approximate surface area is 485 Å². The van der Waals surface area contributed by atoms with Crippen LogP contribution in [0.4, 0.5) is 34.1 Å². The van der Waals surface area contributed by atoms with Crippen LogP contribution in [0.25, 0.3) is 109 Å². The van der Waals surface area contributed by atoms with Gasteiger partial charge in [0.25, 0.3) is 0 Å². The Morgan fingerprint density at radius 2 is 0.583 bits per heavy atom. The van der Waals surface area contributed by atoms with Gasteiger partial charge in [-0.3, -0.25) is 0 Å². The summed E-state index contributed by atoms with van der Waals surface area (Å²) in [6.45, 7) is 5.04. The number of anilines is 6. The predicted octanol–water partition coefficient (Wildman–Crippen LogP) is 22.3. The molecule has 84 heavy (non-hydrogen) atoms. The Balaban J connectivity index is 0.881. The molecule has 14 aromatic carbocycles. The highest BCUT2D eigenvalue weighted by Gasteiger charge is 2.57. The molecule has 394 valence electrons. The van der Waals surface area contributed by atoms with Crippen molar-refractivity contribution in [2.75, 3.05) is 9.80 Å². The minimum Gasteiger partial charge on any atom is -0.454 e. The molecule has 16 aromatic rings. The van der Waals surface area contributed by atoms with Crippen molar-refractivity contribution in [3.05, 3.63) is 301 Å². The first-order valence-electron chi connectivity index (χ1n) is 29.1. The topological polar surface area (TPSA) is 32.8 Å². The molecular weight excluding hydrogens is 1020 g/mol. The second kappa shape index (κ2) is 17.4. The van der Waals surface area contributed by atoms with Crippen molar-refractivity contribution in [2.24, 2.45) is 0 Å². The molecule has 0 N–H and O–H groups in total. The van der Waals surface area contributed by atoms with Crippen LogP contribution in [-0.2, 0) is 10.8 Å². The maximum atomic E-state index is 6.95. The molecule has 0 amide bonds. The number of hydrogen-bond donors (Lipinski definition) is 0. The highest BCUT2D eigenvalue weighted by Crippen LogP contribution is 2.66. The summed E-state index contributed by atoms with van der Waals surface area (Å²) in [5.74, 6) is 0. The summed E-state index contributed by atoms with van der Waals surface area (Å²) in [5, 5.41) is 14.1. The van der Waals surface area contributed by atoms with Gasteiger partial charge in [0, 0.05) is 55.1 Å². The maximum Gasteiger partial charge on any atom is 0.159 e. The molecule has 0 radical (unpaired) electrons. The fourth-order valence-corrected chi connectivity index (χ4v) is 15.2. The van der Waals surface area contributed by atoms with E-state index in [-0.39, 0.29) is 0 Å². The summed E-state index contributed by atoms with van der Waals surface area (Å²) in [5.41, 5.74) is 18.6. The zero-order valence-electron chi connectivity index (χ0n) is 46.3. The predicted molar refractivity (Wildman–Crippen MR) is 351 cm³/mol. The average Bonchev–Trinajstić information content (AvgIpc) is 1.53. The van der Waals surface area contributed by atoms with Gasteiger partial charge in [-0.2, -0.15) is 0 Å². The molecule has 2 aromatic heterocycles. The molecule has 2 aliphatic rings. The second-order valence-electron chi connectivity index (χ2n) is 23.4. The molecule has 2 heterocycles. The van der Waals surface area contributed by atoms with Gasteiger partial charge in [-0.25, -0.2) is 0 Å².